The molecule has 0 saturated carbocycles. The molecule has 0 fully saturated rings. The van der Waals surface area contributed by atoms with Crippen LogP contribution in [0.2, 0.25) is 0 Å². The van der Waals surface area contributed by atoms with E-state index in [1.54, 1.807) is 11.3 Å². The Balaban J connectivity index is 1.73. The second-order valence-electron chi connectivity index (χ2n) is 4.40. The van der Waals surface area contributed by atoms with Crippen LogP contribution in [0.1, 0.15) is 16.8 Å². The van der Waals surface area contributed by atoms with Crippen LogP contribution in [0.3, 0.4) is 0 Å². The van der Waals surface area contributed by atoms with Gasteiger partial charge in [-0.25, -0.2) is 4.98 Å². The van der Waals surface area contributed by atoms with Crippen molar-refractivity contribution in [3.8, 4) is 11.5 Å². The van der Waals surface area contributed by atoms with Crippen LogP contribution in [0.25, 0.3) is 0 Å². The van der Waals surface area contributed by atoms with Gasteiger partial charge < -0.3 is 14.8 Å². The van der Waals surface area contributed by atoms with Crippen LogP contribution in [0.5, 0.6) is 11.5 Å². The molecule has 20 heavy (non-hydrogen) atoms. The summed E-state index contributed by atoms with van der Waals surface area (Å²) in [5.74, 6) is 1.58. The van der Waals surface area contributed by atoms with Crippen LogP contribution in [-0.4, -0.2) is 18.2 Å². The van der Waals surface area contributed by atoms with Crippen molar-refractivity contribution in [2.24, 2.45) is 0 Å². The minimum atomic E-state index is 0.600. The quantitative estimate of drug-likeness (QED) is 0.905. The van der Waals surface area contributed by atoms with E-state index in [1.807, 2.05) is 18.3 Å². The Morgan fingerprint density at radius 3 is 2.75 bits per heavy atom. The second-order valence-corrected chi connectivity index (χ2v) is 6.46. The van der Waals surface area contributed by atoms with Crippen LogP contribution >= 0.6 is 27.3 Å². The van der Waals surface area contributed by atoms with E-state index >= 15 is 0 Å². The second kappa shape index (κ2) is 6.01. The number of hydrogen-bond donors (Lipinski definition) is 1. The highest BCUT2D eigenvalue weighted by Crippen LogP contribution is 2.38. The summed E-state index contributed by atoms with van der Waals surface area (Å²) in [7, 11) is 0. The molecular weight excluding hydrogens is 340 g/mol. The predicted octanol–water partition coefficient (Wildman–Crippen LogP) is 3.85. The summed E-state index contributed by atoms with van der Waals surface area (Å²) in [6.07, 6.45) is 2.92. The molecular formula is C14H15BrN2O2S. The normalized spacial score (nSPS) is 13.3. The monoisotopic (exact) mass is 354 g/mol. The molecule has 2 heterocycles. The molecule has 3 rings (SSSR count). The number of benzene rings is 1. The first-order valence-corrected chi connectivity index (χ1v) is 8.14. The van der Waals surface area contributed by atoms with E-state index < -0.39 is 0 Å². The fraction of sp³-hybridized carbons (Fsp3) is 0.357. The molecule has 6 heteroatoms. The molecule has 1 aromatic carbocycles. The van der Waals surface area contributed by atoms with E-state index in [9.17, 15) is 0 Å². The van der Waals surface area contributed by atoms with Gasteiger partial charge in [-0.15, -0.1) is 11.3 Å². The van der Waals surface area contributed by atoms with Crippen molar-refractivity contribution in [1.29, 1.82) is 0 Å². The first-order chi connectivity index (χ1) is 9.76. The van der Waals surface area contributed by atoms with Gasteiger partial charge in [0.25, 0.3) is 0 Å². The number of rotatable bonds is 4. The number of aromatic nitrogens is 1. The van der Waals surface area contributed by atoms with Crippen molar-refractivity contribution in [2.45, 2.75) is 19.9 Å². The highest BCUT2D eigenvalue weighted by atomic mass is 79.9. The summed E-state index contributed by atoms with van der Waals surface area (Å²) >= 11 is 5.30. The lowest BCUT2D eigenvalue weighted by molar-refractivity contribution is 0.171. The van der Waals surface area contributed by atoms with Crippen LogP contribution in [0, 0.1) is 0 Å². The van der Waals surface area contributed by atoms with Gasteiger partial charge in [-0.05, 0) is 22.4 Å². The number of thiazole rings is 1. The Labute approximate surface area is 130 Å². The minimum absolute atomic E-state index is 0.600. The molecule has 1 aliphatic heterocycles. The van der Waals surface area contributed by atoms with Gasteiger partial charge in [0.05, 0.1) is 17.2 Å². The van der Waals surface area contributed by atoms with E-state index in [0.717, 1.165) is 34.6 Å². The zero-order valence-corrected chi connectivity index (χ0v) is 13.5. The van der Waals surface area contributed by atoms with Crippen molar-refractivity contribution < 1.29 is 9.47 Å². The third kappa shape index (κ3) is 2.91. The summed E-state index contributed by atoms with van der Waals surface area (Å²) in [5.41, 5.74) is 1.00. The fourth-order valence-corrected chi connectivity index (χ4v) is 3.24. The molecule has 0 amide bonds. The third-order valence-corrected chi connectivity index (χ3v) is 4.79. The summed E-state index contributed by atoms with van der Waals surface area (Å²) in [4.78, 5) is 5.59. The van der Waals surface area contributed by atoms with Gasteiger partial charge in [0.15, 0.2) is 11.5 Å². The summed E-state index contributed by atoms with van der Waals surface area (Å²) in [5, 5.41) is 4.57. The topological polar surface area (TPSA) is 43.4 Å². The van der Waals surface area contributed by atoms with E-state index in [0.29, 0.717) is 13.2 Å². The highest BCUT2D eigenvalue weighted by Gasteiger charge is 2.14. The molecule has 1 N–H and O–H groups in total. The standard InChI is InChI=1S/C14H15BrN2O2S/c1-2-14-17-8-9(20-14)7-16-11-6-13-12(5-10(11)15)18-3-4-19-13/h5-6,8,16H,2-4,7H2,1H3. The smallest absolute Gasteiger partial charge is 0.163 e. The van der Waals surface area contributed by atoms with Gasteiger partial charge in [0.2, 0.25) is 0 Å². The molecule has 0 aliphatic carbocycles. The van der Waals surface area contributed by atoms with E-state index in [-0.39, 0.29) is 0 Å². The predicted molar refractivity (Wildman–Crippen MR) is 84.0 cm³/mol. The summed E-state index contributed by atoms with van der Waals surface area (Å²) in [6, 6.07) is 3.92. The van der Waals surface area contributed by atoms with E-state index in [4.69, 9.17) is 9.47 Å². The van der Waals surface area contributed by atoms with E-state index in [1.165, 1.54) is 9.88 Å². The third-order valence-electron chi connectivity index (χ3n) is 2.99. The first-order valence-electron chi connectivity index (χ1n) is 6.53. The Morgan fingerprint density at radius 1 is 1.30 bits per heavy atom. The Morgan fingerprint density at radius 2 is 2.05 bits per heavy atom. The number of aryl methyl sites for hydroxylation is 1. The first kappa shape index (κ1) is 13.7. The largest absolute Gasteiger partial charge is 0.486 e. The van der Waals surface area contributed by atoms with E-state index in [2.05, 4.69) is 33.2 Å². The summed E-state index contributed by atoms with van der Waals surface area (Å²) < 4.78 is 12.1. The number of hydrogen-bond acceptors (Lipinski definition) is 5. The number of ether oxygens (including phenoxy) is 2. The number of fused-ring (bicyclic) bond motifs is 1. The van der Waals surface area contributed by atoms with Crippen molar-refractivity contribution in [3.63, 3.8) is 0 Å². The maximum absolute atomic E-state index is 5.60. The average molecular weight is 355 g/mol. The van der Waals surface area contributed by atoms with Gasteiger partial charge in [-0.2, -0.15) is 0 Å². The molecule has 0 spiro atoms. The maximum atomic E-state index is 5.60. The van der Waals surface area contributed by atoms with Gasteiger partial charge >= 0.3 is 0 Å². The van der Waals surface area contributed by atoms with Crippen LogP contribution in [-0.2, 0) is 13.0 Å². The molecule has 4 nitrogen and oxygen atoms in total. The lowest BCUT2D eigenvalue weighted by Crippen LogP contribution is -2.15. The molecule has 0 radical (unpaired) electrons. The number of nitrogens with one attached hydrogen (secondary N) is 1. The molecule has 1 aliphatic rings. The molecule has 1 aromatic heterocycles. The Bertz CT molecular complexity index is 615. The van der Waals surface area contributed by atoms with Crippen LogP contribution in [0.15, 0.2) is 22.8 Å². The van der Waals surface area contributed by atoms with Gasteiger partial charge in [-0.1, -0.05) is 6.92 Å². The zero-order chi connectivity index (χ0) is 13.9. The van der Waals surface area contributed by atoms with Crippen LogP contribution in [0.4, 0.5) is 5.69 Å². The van der Waals surface area contributed by atoms with Crippen molar-refractivity contribution in [1.82, 2.24) is 4.98 Å². The van der Waals surface area contributed by atoms with Crippen molar-refractivity contribution in [3.05, 3.63) is 32.7 Å². The zero-order valence-electron chi connectivity index (χ0n) is 11.1. The van der Waals surface area contributed by atoms with Crippen LogP contribution < -0.4 is 14.8 Å². The molecule has 0 saturated heterocycles. The molecule has 0 bridgehead atoms. The minimum Gasteiger partial charge on any atom is -0.486 e. The Hall–Kier alpha value is -1.27. The number of halogens is 1. The maximum Gasteiger partial charge on any atom is 0.163 e. The SMILES string of the molecule is CCc1ncc(CNc2cc3c(cc2Br)OCCO3)s1. The lowest BCUT2D eigenvalue weighted by Gasteiger charge is -2.20. The molecule has 106 valence electrons. The lowest BCUT2D eigenvalue weighted by atomic mass is 10.2. The number of anilines is 1. The highest BCUT2D eigenvalue weighted by molar-refractivity contribution is 9.10. The average Bonchev–Trinajstić information content (AvgIpc) is 2.93. The van der Waals surface area contributed by atoms with Gasteiger partial charge in [0, 0.05) is 27.7 Å². The van der Waals surface area contributed by atoms with Crippen molar-refractivity contribution >= 4 is 33.0 Å². The molecule has 2 aromatic rings. The Kier molecular flexibility index (Phi) is 4.12. The number of nitrogens with zero attached hydrogens (tertiary/aromatic N) is 1. The molecule has 0 atom stereocenters. The molecule has 0 unspecified atom stereocenters. The van der Waals surface area contributed by atoms with Gasteiger partial charge in [0.1, 0.15) is 13.2 Å². The van der Waals surface area contributed by atoms with Gasteiger partial charge in [-0.3, -0.25) is 0 Å². The van der Waals surface area contributed by atoms with Crippen molar-refractivity contribution in [2.75, 3.05) is 18.5 Å². The summed E-state index contributed by atoms with van der Waals surface area (Å²) in [6.45, 7) is 4.08. The fourth-order valence-electron chi connectivity index (χ4n) is 1.97.